The van der Waals surface area contributed by atoms with Crippen molar-refractivity contribution in [2.45, 2.75) is 0 Å². The van der Waals surface area contributed by atoms with Gasteiger partial charge in [-0.1, -0.05) is 145 Å². The summed E-state index contributed by atoms with van der Waals surface area (Å²) < 4.78 is 6.87. The van der Waals surface area contributed by atoms with Gasteiger partial charge in [-0.15, -0.1) is 0 Å². The van der Waals surface area contributed by atoms with Gasteiger partial charge in [0, 0.05) is 47.3 Å². The second-order valence-corrected chi connectivity index (χ2v) is 15.9. The van der Waals surface area contributed by atoms with Gasteiger partial charge in [-0.05, 0) is 23.8 Å². The second kappa shape index (κ2) is 15.5. The minimum absolute atomic E-state index is 0.769. The summed E-state index contributed by atoms with van der Waals surface area (Å²) in [5, 5.41) is 0.769. The Morgan fingerprint density at radius 2 is 0.750 bits per heavy atom. The van der Waals surface area contributed by atoms with E-state index in [0.717, 1.165) is 5.02 Å². The summed E-state index contributed by atoms with van der Waals surface area (Å²) in [6.07, 6.45) is 0.955. The van der Waals surface area contributed by atoms with Crippen LogP contribution < -0.4 is 21.9 Å². The standard InChI is InChI=1S/C24H20B.C14H24ClN3P/c1-5-13-21(14-6-1)25(22-15-7-2-8-16-22,23-17-9-3-10-18-23)24-19-11-4-12-20-24;1-16(2)19(17(3)4,18(5)6)12-11-13-7-9-14(15)10-8-13/h1-20H;7-12H,1-6H3/q-1;+1/b;12-11+. The van der Waals surface area contributed by atoms with Crippen LogP contribution in [0.3, 0.4) is 0 Å². The Bertz CT molecular complexity index is 1390. The van der Waals surface area contributed by atoms with Crippen LogP contribution in [0.1, 0.15) is 5.56 Å². The highest BCUT2D eigenvalue weighted by Gasteiger charge is 2.45. The molecule has 5 aromatic carbocycles. The first-order chi connectivity index (χ1) is 21.2. The Morgan fingerprint density at radius 1 is 0.455 bits per heavy atom. The number of rotatable bonds is 9. The van der Waals surface area contributed by atoms with E-state index in [0.29, 0.717) is 0 Å². The van der Waals surface area contributed by atoms with Crippen LogP contribution in [0.5, 0.6) is 0 Å². The maximum Gasteiger partial charge on any atom is 0.253 e. The van der Waals surface area contributed by atoms with E-state index in [1.54, 1.807) is 0 Å². The summed E-state index contributed by atoms with van der Waals surface area (Å²) in [5.41, 5.74) is 6.52. The first-order valence-corrected chi connectivity index (χ1v) is 17.1. The van der Waals surface area contributed by atoms with E-state index >= 15 is 0 Å². The van der Waals surface area contributed by atoms with Crippen molar-refractivity contribution < 1.29 is 0 Å². The van der Waals surface area contributed by atoms with E-state index in [1.807, 2.05) is 24.3 Å². The van der Waals surface area contributed by atoms with E-state index in [-0.39, 0.29) is 0 Å². The number of nitrogens with zero attached hydrogens (tertiary/aromatic N) is 3. The number of hydrogen-bond donors (Lipinski definition) is 0. The molecule has 0 aliphatic rings. The van der Waals surface area contributed by atoms with Gasteiger partial charge in [0.2, 0.25) is 0 Å². The topological polar surface area (TPSA) is 9.72 Å². The van der Waals surface area contributed by atoms with Gasteiger partial charge < -0.3 is 0 Å². The van der Waals surface area contributed by atoms with Gasteiger partial charge in [-0.3, -0.25) is 0 Å². The lowest BCUT2D eigenvalue weighted by atomic mass is 9.13. The van der Waals surface area contributed by atoms with Crippen LogP contribution >= 0.6 is 19.3 Å². The monoisotopic (exact) mass is 619 g/mol. The van der Waals surface area contributed by atoms with E-state index in [4.69, 9.17) is 11.6 Å². The summed E-state index contributed by atoms with van der Waals surface area (Å²) >= 11 is 5.91. The van der Waals surface area contributed by atoms with Crippen molar-refractivity contribution in [3.05, 3.63) is 162 Å². The van der Waals surface area contributed by atoms with E-state index in [2.05, 4.69) is 190 Å². The molecule has 0 aromatic heterocycles. The van der Waals surface area contributed by atoms with Gasteiger partial charge in [0.25, 0.3) is 7.71 Å². The molecular weight excluding hydrogens is 576 g/mol. The van der Waals surface area contributed by atoms with Gasteiger partial charge in [0.1, 0.15) is 12.0 Å². The van der Waals surface area contributed by atoms with Gasteiger partial charge in [-0.25, -0.2) is 0 Å². The molecule has 0 saturated heterocycles. The molecule has 0 radical (unpaired) electrons. The molecular formula is C38H44BClN3P. The molecule has 0 heterocycles. The van der Waals surface area contributed by atoms with E-state index in [9.17, 15) is 0 Å². The first kappa shape index (κ1) is 33.4. The zero-order valence-electron chi connectivity index (χ0n) is 26.8. The summed E-state index contributed by atoms with van der Waals surface area (Å²) in [5.74, 6) is 2.30. The summed E-state index contributed by atoms with van der Waals surface area (Å²) in [7, 11) is 11.1. The molecule has 44 heavy (non-hydrogen) atoms. The van der Waals surface area contributed by atoms with Crippen LogP contribution in [0, 0.1) is 0 Å². The SMILES string of the molecule is CN(C)[P+](/C=C/c1ccc(Cl)cc1)(N(C)C)N(C)C.c1ccc([B-](c2ccccc2)(c2ccccc2)c2ccccc2)cc1. The zero-order chi connectivity index (χ0) is 31.6. The summed E-state index contributed by atoms with van der Waals surface area (Å²) in [6.45, 7) is 0. The number of halogens is 1. The van der Waals surface area contributed by atoms with Crippen molar-refractivity contribution in [1.29, 1.82) is 0 Å². The largest absolute Gasteiger partial charge is 0.253 e. The molecule has 226 valence electrons. The molecule has 0 aliphatic heterocycles. The van der Waals surface area contributed by atoms with Crippen molar-refractivity contribution in [3.8, 4) is 0 Å². The van der Waals surface area contributed by atoms with Crippen molar-refractivity contribution in [2.75, 3.05) is 42.3 Å². The summed E-state index contributed by atoms with van der Waals surface area (Å²) in [4.78, 5) is 0. The lowest BCUT2D eigenvalue weighted by Gasteiger charge is -2.44. The van der Waals surface area contributed by atoms with Crippen LogP contribution in [0.2, 0.25) is 5.02 Å². The number of benzene rings is 5. The normalized spacial score (nSPS) is 12.0. The summed E-state index contributed by atoms with van der Waals surface area (Å²) in [6, 6.07) is 51.4. The van der Waals surface area contributed by atoms with Gasteiger partial charge >= 0.3 is 0 Å². The maximum atomic E-state index is 5.91. The Balaban J connectivity index is 0.000000210. The Labute approximate surface area is 270 Å². The van der Waals surface area contributed by atoms with Gasteiger partial charge in [-0.2, -0.15) is 35.9 Å². The van der Waals surface area contributed by atoms with Crippen LogP contribution in [-0.4, -0.2) is 62.4 Å². The molecule has 0 amide bonds. The van der Waals surface area contributed by atoms with Crippen molar-refractivity contribution in [2.24, 2.45) is 0 Å². The smallest absolute Gasteiger partial charge is 0.195 e. The van der Waals surface area contributed by atoms with Crippen LogP contribution in [-0.2, 0) is 0 Å². The predicted molar refractivity (Wildman–Crippen MR) is 199 cm³/mol. The minimum atomic E-state index is -1.60. The lowest BCUT2D eigenvalue weighted by Crippen LogP contribution is -2.74. The molecule has 0 unspecified atom stereocenters. The van der Waals surface area contributed by atoms with Crippen LogP contribution in [0.15, 0.2) is 151 Å². The van der Waals surface area contributed by atoms with Crippen molar-refractivity contribution in [3.63, 3.8) is 0 Å². The second-order valence-electron chi connectivity index (χ2n) is 11.5. The Hall–Kier alpha value is -3.50. The van der Waals surface area contributed by atoms with Crippen LogP contribution in [0.25, 0.3) is 6.08 Å². The molecule has 6 heteroatoms. The van der Waals surface area contributed by atoms with Gasteiger partial charge in [0.05, 0.1) is 0 Å². The quantitative estimate of drug-likeness (QED) is 0.132. The lowest BCUT2D eigenvalue weighted by molar-refractivity contribution is 0.472. The maximum absolute atomic E-state index is 5.91. The average molecular weight is 620 g/mol. The fourth-order valence-electron chi connectivity index (χ4n) is 6.35. The molecule has 0 bridgehead atoms. The van der Waals surface area contributed by atoms with E-state index < -0.39 is 13.9 Å². The van der Waals surface area contributed by atoms with Crippen molar-refractivity contribution >= 4 is 53.4 Å². The molecule has 0 N–H and O–H groups in total. The van der Waals surface area contributed by atoms with Crippen LogP contribution in [0.4, 0.5) is 0 Å². The third-order valence-electron chi connectivity index (χ3n) is 8.30. The molecule has 0 atom stereocenters. The van der Waals surface area contributed by atoms with Crippen molar-refractivity contribution in [1.82, 2.24) is 14.0 Å². The molecule has 0 fully saturated rings. The highest BCUT2D eigenvalue weighted by molar-refractivity contribution is 7.72. The average Bonchev–Trinajstić information content (AvgIpc) is 3.04. The molecule has 5 aromatic rings. The Morgan fingerprint density at radius 3 is 1.02 bits per heavy atom. The molecule has 5 rings (SSSR count). The molecule has 0 spiro atoms. The zero-order valence-corrected chi connectivity index (χ0v) is 28.4. The molecule has 0 aliphatic carbocycles. The highest BCUT2D eigenvalue weighted by Crippen LogP contribution is 2.65. The molecule has 3 nitrogen and oxygen atoms in total. The predicted octanol–water partition coefficient (Wildman–Crippen LogP) is 6.82. The van der Waals surface area contributed by atoms with E-state index in [1.165, 1.54) is 27.4 Å². The molecule has 0 saturated carbocycles. The third kappa shape index (κ3) is 7.24. The minimum Gasteiger partial charge on any atom is -0.195 e. The number of hydrogen-bond acceptors (Lipinski definition) is 3. The highest BCUT2D eigenvalue weighted by atomic mass is 35.5. The fraction of sp³-hybridized carbons (Fsp3) is 0.158. The fourth-order valence-corrected chi connectivity index (χ4v) is 9.80. The Kier molecular flexibility index (Phi) is 11.8. The first-order valence-electron chi connectivity index (χ1n) is 15.0. The van der Waals surface area contributed by atoms with Gasteiger partial charge in [0.15, 0.2) is 0 Å². The third-order valence-corrected chi connectivity index (χ3v) is 12.6.